The first-order valence-electron chi connectivity index (χ1n) is 10.1. The summed E-state index contributed by atoms with van der Waals surface area (Å²) >= 11 is 0. The van der Waals surface area contributed by atoms with E-state index in [-0.39, 0.29) is 5.97 Å². The number of esters is 1. The van der Waals surface area contributed by atoms with Crippen molar-refractivity contribution in [3.8, 4) is 11.1 Å². The van der Waals surface area contributed by atoms with Crippen LogP contribution < -0.4 is 5.32 Å². The number of benzene rings is 2. The van der Waals surface area contributed by atoms with Crippen molar-refractivity contribution in [3.05, 3.63) is 54.4 Å². The Bertz CT molecular complexity index is 989. The van der Waals surface area contributed by atoms with Gasteiger partial charge in [-0.1, -0.05) is 32.0 Å². The molecular formula is C24H29N3O2. The zero-order valence-corrected chi connectivity index (χ0v) is 17.8. The lowest BCUT2D eigenvalue weighted by molar-refractivity contribution is 0.00695. The lowest BCUT2D eigenvalue weighted by atomic mass is 10.0. The highest BCUT2D eigenvalue weighted by molar-refractivity contribution is 5.93. The van der Waals surface area contributed by atoms with E-state index in [2.05, 4.69) is 35.2 Å². The molecule has 2 aromatic carbocycles. The quantitative estimate of drug-likeness (QED) is 0.545. The summed E-state index contributed by atoms with van der Waals surface area (Å²) in [6, 6.07) is 13.6. The van der Waals surface area contributed by atoms with Gasteiger partial charge in [0, 0.05) is 11.9 Å². The number of hydrogen-bond donors (Lipinski definition) is 1. The molecule has 5 nitrogen and oxygen atoms in total. The maximum absolute atomic E-state index is 12.2. The van der Waals surface area contributed by atoms with Crippen molar-refractivity contribution in [3.63, 3.8) is 0 Å². The molecule has 0 spiro atoms. The molecule has 0 aliphatic rings. The van der Waals surface area contributed by atoms with E-state index in [1.54, 1.807) is 18.5 Å². The lowest BCUT2D eigenvalue weighted by Crippen LogP contribution is -2.23. The third-order valence-electron chi connectivity index (χ3n) is 4.50. The van der Waals surface area contributed by atoms with Gasteiger partial charge in [-0.15, -0.1) is 0 Å². The number of nitrogens with one attached hydrogen (secondary N) is 1. The Morgan fingerprint density at radius 3 is 2.38 bits per heavy atom. The summed E-state index contributed by atoms with van der Waals surface area (Å²) in [7, 11) is 0. The number of nitrogens with zero attached hydrogens (tertiary/aromatic N) is 2. The van der Waals surface area contributed by atoms with Gasteiger partial charge in [0.1, 0.15) is 17.7 Å². The smallest absolute Gasteiger partial charge is 0.338 e. The van der Waals surface area contributed by atoms with Gasteiger partial charge in [-0.3, -0.25) is 0 Å². The Kier molecular flexibility index (Phi) is 6.16. The van der Waals surface area contributed by atoms with Gasteiger partial charge >= 0.3 is 5.97 Å². The molecule has 29 heavy (non-hydrogen) atoms. The number of ether oxygens (including phenoxy) is 1. The van der Waals surface area contributed by atoms with Crippen LogP contribution in [0.15, 0.2) is 48.8 Å². The standard InChI is InChI=1S/C24H29N3O2/c1-16(2)12-13-25-22-20-14-19(10-11-21(20)26-15-27-22)17-6-8-18(9-7-17)23(28)29-24(3,4)5/h6-11,14-16H,12-13H2,1-5H3,(H,25,26,27). The number of anilines is 1. The van der Waals surface area contributed by atoms with Crippen molar-refractivity contribution < 1.29 is 9.53 Å². The fourth-order valence-electron chi connectivity index (χ4n) is 2.99. The van der Waals surface area contributed by atoms with Gasteiger partial charge in [0.25, 0.3) is 0 Å². The Balaban J connectivity index is 1.85. The van der Waals surface area contributed by atoms with E-state index in [0.717, 1.165) is 40.8 Å². The van der Waals surface area contributed by atoms with Crippen LogP contribution in [0.25, 0.3) is 22.0 Å². The first kappa shape index (κ1) is 20.8. The molecule has 3 rings (SSSR count). The maximum Gasteiger partial charge on any atom is 0.338 e. The molecule has 152 valence electrons. The summed E-state index contributed by atoms with van der Waals surface area (Å²) in [5.74, 6) is 1.17. The van der Waals surface area contributed by atoms with E-state index in [1.165, 1.54) is 0 Å². The monoisotopic (exact) mass is 391 g/mol. The van der Waals surface area contributed by atoms with E-state index < -0.39 is 5.60 Å². The van der Waals surface area contributed by atoms with Gasteiger partial charge in [0.05, 0.1) is 11.1 Å². The van der Waals surface area contributed by atoms with Crippen molar-refractivity contribution >= 4 is 22.7 Å². The summed E-state index contributed by atoms with van der Waals surface area (Å²) in [6.07, 6.45) is 2.67. The predicted molar refractivity (Wildman–Crippen MR) is 118 cm³/mol. The molecule has 0 fully saturated rings. The molecule has 0 radical (unpaired) electrons. The van der Waals surface area contributed by atoms with Crippen molar-refractivity contribution in [2.75, 3.05) is 11.9 Å². The van der Waals surface area contributed by atoms with Crippen LogP contribution in [0.5, 0.6) is 0 Å². The number of carbonyl (C=O) groups excluding carboxylic acids is 1. The van der Waals surface area contributed by atoms with E-state index >= 15 is 0 Å². The van der Waals surface area contributed by atoms with Crippen molar-refractivity contribution in [2.24, 2.45) is 5.92 Å². The minimum Gasteiger partial charge on any atom is -0.456 e. The molecule has 1 N–H and O–H groups in total. The Hall–Kier alpha value is -2.95. The molecule has 0 aliphatic carbocycles. The summed E-state index contributed by atoms with van der Waals surface area (Å²) in [6.45, 7) is 10.9. The third-order valence-corrected chi connectivity index (χ3v) is 4.50. The first-order valence-corrected chi connectivity index (χ1v) is 10.1. The number of fused-ring (bicyclic) bond motifs is 1. The fraction of sp³-hybridized carbons (Fsp3) is 0.375. The van der Waals surface area contributed by atoms with Crippen molar-refractivity contribution in [1.29, 1.82) is 0 Å². The number of aromatic nitrogens is 2. The third kappa shape index (κ3) is 5.53. The van der Waals surface area contributed by atoms with E-state index in [0.29, 0.717) is 11.5 Å². The maximum atomic E-state index is 12.2. The second kappa shape index (κ2) is 8.60. The molecule has 0 bridgehead atoms. The van der Waals surface area contributed by atoms with Crippen LogP contribution in [-0.4, -0.2) is 28.1 Å². The second-order valence-corrected chi connectivity index (χ2v) is 8.64. The zero-order valence-electron chi connectivity index (χ0n) is 17.8. The molecule has 1 aromatic heterocycles. The number of rotatable bonds is 6. The van der Waals surface area contributed by atoms with E-state index in [4.69, 9.17) is 4.74 Å². The van der Waals surface area contributed by atoms with Crippen LogP contribution in [-0.2, 0) is 4.74 Å². The largest absolute Gasteiger partial charge is 0.456 e. The number of carbonyl (C=O) groups is 1. The van der Waals surface area contributed by atoms with Gasteiger partial charge in [-0.25, -0.2) is 14.8 Å². The van der Waals surface area contributed by atoms with Crippen LogP contribution >= 0.6 is 0 Å². The molecule has 0 atom stereocenters. The Morgan fingerprint density at radius 2 is 1.72 bits per heavy atom. The van der Waals surface area contributed by atoms with Gasteiger partial charge < -0.3 is 10.1 Å². The molecule has 0 saturated carbocycles. The second-order valence-electron chi connectivity index (χ2n) is 8.64. The molecular weight excluding hydrogens is 362 g/mol. The van der Waals surface area contributed by atoms with Crippen molar-refractivity contribution in [2.45, 2.75) is 46.6 Å². The summed E-state index contributed by atoms with van der Waals surface area (Å²) in [5.41, 5.74) is 3.02. The summed E-state index contributed by atoms with van der Waals surface area (Å²) in [5, 5.41) is 4.42. The van der Waals surface area contributed by atoms with E-state index in [9.17, 15) is 4.79 Å². The SMILES string of the molecule is CC(C)CCNc1ncnc2ccc(-c3ccc(C(=O)OC(C)(C)C)cc3)cc12. The molecule has 0 aliphatic heterocycles. The fourth-order valence-corrected chi connectivity index (χ4v) is 2.99. The predicted octanol–water partition coefficient (Wildman–Crippen LogP) is 5.71. The first-order chi connectivity index (χ1) is 13.7. The normalized spacial score (nSPS) is 11.7. The highest BCUT2D eigenvalue weighted by Crippen LogP contribution is 2.27. The topological polar surface area (TPSA) is 64.1 Å². The lowest BCUT2D eigenvalue weighted by Gasteiger charge is -2.19. The summed E-state index contributed by atoms with van der Waals surface area (Å²) in [4.78, 5) is 21.0. The zero-order chi connectivity index (χ0) is 21.0. The molecule has 0 amide bonds. The van der Waals surface area contributed by atoms with Crippen molar-refractivity contribution in [1.82, 2.24) is 9.97 Å². The van der Waals surface area contributed by atoms with Gasteiger partial charge in [0.15, 0.2) is 0 Å². The molecule has 1 heterocycles. The van der Waals surface area contributed by atoms with Crippen LogP contribution in [0.4, 0.5) is 5.82 Å². The Labute approximate surface area is 172 Å². The van der Waals surface area contributed by atoms with E-state index in [1.807, 2.05) is 45.0 Å². The van der Waals surface area contributed by atoms with Gasteiger partial charge in [-0.05, 0) is 68.5 Å². The van der Waals surface area contributed by atoms with Crippen LogP contribution in [0.1, 0.15) is 51.4 Å². The molecule has 5 heteroatoms. The molecule has 0 saturated heterocycles. The Morgan fingerprint density at radius 1 is 1.03 bits per heavy atom. The average Bonchev–Trinajstić information content (AvgIpc) is 2.66. The van der Waals surface area contributed by atoms with Gasteiger partial charge in [-0.2, -0.15) is 0 Å². The van der Waals surface area contributed by atoms with Crippen LogP contribution in [0.2, 0.25) is 0 Å². The highest BCUT2D eigenvalue weighted by atomic mass is 16.6. The van der Waals surface area contributed by atoms with Crippen LogP contribution in [0.3, 0.4) is 0 Å². The van der Waals surface area contributed by atoms with Crippen LogP contribution in [0, 0.1) is 5.92 Å². The molecule has 3 aromatic rings. The van der Waals surface area contributed by atoms with Gasteiger partial charge in [0.2, 0.25) is 0 Å². The highest BCUT2D eigenvalue weighted by Gasteiger charge is 2.17. The summed E-state index contributed by atoms with van der Waals surface area (Å²) < 4.78 is 5.43. The molecule has 0 unspecified atom stereocenters. The average molecular weight is 392 g/mol. The number of hydrogen-bond acceptors (Lipinski definition) is 5. The minimum absolute atomic E-state index is 0.312. The minimum atomic E-state index is -0.507.